The molecule has 4 atom stereocenters. The van der Waals surface area contributed by atoms with Crippen molar-refractivity contribution < 1.29 is 22.4 Å². The van der Waals surface area contributed by atoms with Crippen molar-refractivity contribution in [3.05, 3.63) is 41.9 Å². The molecule has 9 heteroatoms. The molecule has 3 aromatic heterocycles. The SMILES string of the molecule is C[C@H](NC(=O)c1cnn2c(C(F)(F)F)cc(-c3ccco3)nc12)[C@H]1C[C@H]2CC[C@H]1C2. The fraction of sp³-hybridized carbons (Fsp3) is 0.476. The number of furan rings is 1. The van der Waals surface area contributed by atoms with E-state index in [1.165, 1.54) is 31.6 Å². The lowest BCUT2D eigenvalue weighted by Gasteiger charge is -2.28. The summed E-state index contributed by atoms with van der Waals surface area (Å²) in [5.41, 5.74) is -1.15. The molecule has 30 heavy (non-hydrogen) atoms. The van der Waals surface area contributed by atoms with Crippen molar-refractivity contribution in [2.45, 2.75) is 44.8 Å². The van der Waals surface area contributed by atoms with E-state index in [0.29, 0.717) is 16.4 Å². The van der Waals surface area contributed by atoms with Gasteiger partial charge in [-0.25, -0.2) is 9.50 Å². The monoisotopic (exact) mass is 418 g/mol. The summed E-state index contributed by atoms with van der Waals surface area (Å²) < 4.78 is 46.8. The molecule has 3 aromatic rings. The molecule has 0 spiro atoms. The standard InChI is InChI=1S/C21H21F3N4O2/c1-11(14-8-12-4-5-13(14)7-12)26-20(29)15-10-25-28-18(21(22,23)24)9-16(27-19(15)28)17-3-2-6-30-17/h2-3,6,9-14H,4-5,7-8H2,1H3,(H,26,29)/t11-,12-,13-,14+/m0/s1. The lowest BCUT2D eigenvalue weighted by Crippen LogP contribution is -2.40. The zero-order chi connectivity index (χ0) is 21.0. The number of aromatic nitrogens is 3. The van der Waals surface area contributed by atoms with Crippen molar-refractivity contribution in [1.82, 2.24) is 19.9 Å². The molecule has 0 aromatic carbocycles. The number of nitrogens with zero attached hydrogens (tertiary/aromatic N) is 3. The molecule has 158 valence electrons. The van der Waals surface area contributed by atoms with Crippen molar-refractivity contribution in [3.63, 3.8) is 0 Å². The van der Waals surface area contributed by atoms with E-state index in [9.17, 15) is 18.0 Å². The van der Waals surface area contributed by atoms with Crippen LogP contribution >= 0.6 is 0 Å². The summed E-state index contributed by atoms with van der Waals surface area (Å²) in [5, 5.41) is 6.79. The third-order valence-electron chi connectivity index (χ3n) is 6.57. The van der Waals surface area contributed by atoms with E-state index in [1.807, 2.05) is 6.92 Å². The summed E-state index contributed by atoms with van der Waals surface area (Å²) in [6, 6.07) is 3.90. The fourth-order valence-electron chi connectivity index (χ4n) is 5.17. The second kappa shape index (κ2) is 6.85. The summed E-state index contributed by atoms with van der Waals surface area (Å²) in [7, 11) is 0. The van der Waals surface area contributed by atoms with Gasteiger partial charge in [-0.2, -0.15) is 18.3 Å². The zero-order valence-corrected chi connectivity index (χ0v) is 16.3. The van der Waals surface area contributed by atoms with Gasteiger partial charge >= 0.3 is 6.18 Å². The molecule has 2 bridgehead atoms. The third-order valence-corrected chi connectivity index (χ3v) is 6.57. The quantitative estimate of drug-likeness (QED) is 0.674. The highest BCUT2D eigenvalue weighted by atomic mass is 19.4. The van der Waals surface area contributed by atoms with Crippen LogP contribution in [0.3, 0.4) is 0 Å². The number of carbonyl (C=O) groups is 1. The van der Waals surface area contributed by atoms with Gasteiger partial charge in [-0.1, -0.05) is 6.42 Å². The first-order valence-corrected chi connectivity index (χ1v) is 10.1. The number of amides is 1. The van der Waals surface area contributed by atoms with Gasteiger partial charge in [-0.15, -0.1) is 0 Å². The topological polar surface area (TPSA) is 72.4 Å². The van der Waals surface area contributed by atoms with Crippen LogP contribution < -0.4 is 5.32 Å². The van der Waals surface area contributed by atoms with Gasteiger partial charge in [0.25, 0.3) is 5.91 Å². The van der Waals surface area contributed by atoms with E-state index in [4.69, 9.17) is 4.42 Å². The average Bonchev–Trinajstić information content (AvgIpc) is 3.50. The van der Waals surface area contributed by atoms with Crippen LogP contribution in [-0.2, 0) is 6.18 Å². The predicted octanol–water partition coefficient (Wildman–Crippen LogP) is 4.56. The summed E-state index contributed by atoms with van der Waals surface area (Å²) in [4.78, 5) is 17.2. The van der Waals surface area contributed by atoms with Crippen molar-refractivity contribution >= 4 is 11.6 Å². The first-order chi connectivity index (χ1) is 14.3. The number of hydrogen-bond acceptors (Lipinski definition) is 4. The lowest BCUT2D eigenvalue weighted by molar-refractivity contribution is -0.142. The van der Waals surface area contributed by atoms with Crippen LogP contribution in [0, 0.1) is 17.8 Å². The fourth-order valence-corrected chi connectivity index (χ4v) is 5.17. The van der Waals surface area contributed by atoms with E-state index in [0.717, 1.165) is 24.6 Å². The van der Waals surface area contributed by atoms with Crippen LogP contribution in [0.2, 0.25) is 0 Å². The second-order valence-electron chi connectivity index (χ2n) is 8.40. The minimum Gasteiger partial charge on any atom is -0.463 e. The van der Waals surface area contributed by atoms with Gasteiger partial charge in [0, 0.05) is 6.04 Å². The minimum absolute atomic E-state index is 0.00414. The number of nitrogens with one attached hydrogen (secondary N) is 1. The molecule has 0 radical (unpaired) electrons. The van der Waals surface area contributed by atoms with Gasteiger partial charge in [0.05, 0.1) is 12.5 Å². The molecule has 0 aliphatic heterocycles. The highest BCUT2D eigenvalue weighted by molar-refractivity contribution is 6.00. The Kier molecular flexibility index (Phi) is 4.37. The van der Waals surface area contributed by atoms with Crippen LogP contribution in [-0.4, -0.2) is 26.5 Å². The summed E-state index contributed by atoms with van der Waals surface area (Å²) >= 11 is 0. The molecule has 0 unspecified atom stereocenters. The van der Waals surface area contributed by atoms with Gasteiger partial charge in [0.15, 0.2) is 17.1 Å². The first-order valence-electron chi connectivity index (χ1n) is 10.1. The molecular weight excluding hydrogens is 397 g/mol. The first kappa shape index (κ1) is 19.1. The Morgan fingerprint density at radius 1 is 1.33 bits per heavy atom. The van der Waals surface area contributed by atoms with Crippen molar-refractivity contribution in [2.24, 2.45) is 17.8 Å². The van der Waals surface area contributed by atoms with E-state index in [1.54, 1.807) is 6.07 Å². The lowest BCUT2D eigenvalue weighted by atomic mass is 9.84. The predicted molar refractivity (Wildman–Crippen MR) is 102 cm³/mol. The molecule has 3 heterocycles. The molecule has 0 saturated heterocycles. The maximum absolute atomic E-state index is 13.6. The Morgan fingerprint density at radius 2 is 2.17 bits per heavy atom. The summed E-state index contributed by atoms with van der Waals surface area (Å²) in [6.45, 7) is 1.97. The number of halogens is 3. The third kappa shape index (κ3) is 3.16. The molecule has 6 nitrogen and oxygen atoms in total. The van der Waals surface area contributed by atoms with Crippen LogP contribution in [0.15, 0.2) is 35.1 Å². The van der Waals surface area contributed by atoms with Gasteiger partial charge in [0.2, 0.25) is 0 Å². The molecular formula is C21H21F3N4O2. The smallest absolute Gasteiger partial charge is 0.433 e. The number of carbonyl (C=O) groups excluding carboxylic acids is 1. The van der Waals surface area contributed by atoms with E-state index >= 15 is 0 Å². The van der Waals surface area contributed by atoms with Gasteiger partial charge < -0.3 is 9.73 Å². The number of hydrogen-bond donors (Lipinski definition) is 1. The Labute approximate surface area is 170 Å². The zero-order valence-electron chi connectivity index (χ0n) is 16.3. The highest BCUT2D eigenvalue weighted by Gasteiger charge is 2.42. The van der Waals surface area contributed by atoms with E-state index in [-0.39, 0.29) is 28.7 Å². The molecule has 2 aliphatic rings. The Morgan fingerprint density at radius 3 is 2.80 bits per heavy atom. The Bertz CT molecular complexity index is 1090. The summed E-state index contributed by atoms with van der Waals surface area (Å²) in [5.74, 6) is 1.49. The minimum atomic E-state index is -4.67. The van der Waals surface area contributed by atoms with Crippen molar-refractivity contribution in [3.8, 4) is 11.5 Å². The van der Waals surface area contributed by atoms with Gasteiger partial charge in [0.1, 0.15) is 11.3 Å². The van der Waals surface area contributed by atoms with E-state index in [2.05, 4.69) is 15.4 Å². The van der Waals surface area contributed by atoms with Crippen molar-refractivity contribution in [2.75, 3.05) is 0 Å². The number of rotatable bonds is 4. The van der Waals surface area contributed by atoms with Gasteiger partial charge in [-0.05, 0) is 62.1 Å². The molecule has 2 aliphatic carbocycles. The molecule has 2 saturated carbocycles. The van der Waals surface area contributed by atoms with Crippen LogP contribution in [0.25, 0.3) is 17.1 Å². The Balaban J connectivity index is 1.50. The van der Waals surface area contributed by atoms with Crippen molar-refractivity contribution in [1.29, 1.82) is 0 Å². The second-order valence-corrected chi connectivity index (χ2v) is 8.40. The van der Waals surface area contributed by atoms with Crippen LogP contribution in [0.1, 0.15) is 48.7 Å². The van der Waals surface area contributed by atoms with Gasteiger partial charge in [-0.3, -0.25) is 4.79 Å². The highest BCUT2D eigenvalue weighted by Crippen LogP contribution is 2.49. The normalized spacial score (nSPS) is 24.5. The Hall–Kier alpha value is -2.84. The van der Waals surface area contributed by atoms with Crippen LogP contribution in [0.4, 0.5) is 13.2 Å². The van der Waals surface area contributed by atoms with E-state index < -0.39 is 17.8 Å². The summed E-state index contributed by atoms with van der Waals surface area (Å²) in [6.07, 6.45) is 2.59. The maximum Gasteiger partial charge on any atom is 0.433 e. The molecule has 1 N–H and O–H groups in total. The molecule has 2 fully saturated rings. The largest absolute Gasteiger partial charge is 0.463 e. The maximum atomic E-state index is 13.6. The molecule has 5 rings (SSSR count). The molecule has 1 amide bonds. The number of fused-ring (bicyclic) bond motifs is 3. The van der Waals surface area contributed by atoms with Crippen LogP contribution in [0.5, 0.6) is 0 Å². The number of alkyl halides is 3. The average molecular weight is 418 g/mol.